The highest BCUT2D eigenvalue weighted by Gasteiger charge is 2.57. The van der Waals surface area contributed by atoms with Crippen LogP contribution in [0.1, 0.15) is 25.3 Å². The van der Waals surface area contributed by atoms with Gasteiger partial charge >= 0.3 is 0 Å². The van der Waals surface area contributed by atoms with Gasteiger partial charge < -0.3 is 5.73 Å². The zero-order valence-corrected chi connectivity index (χ0v) is 8.82. The molecule has 0 saturated heterocycles. The molecular formula is C11H11F4N. The van der Waals surface area contributed by atoms with Crippen molar-refractivity contribution in [2.24, 2.45) is 11.1 Å². The Kier molecular flexibility index (Phi) is 2.28. The maximum absolute atomic E-state index is 13.4. The Bertz CT molecular complexity index is 456. The summed E-state index contributed by atoms with van der Waals surface area (Å²) in [6.45, 7) is 3.53. The summed E-state index contributed by atoms with van der Waals surface area (Å²) in [4.78, 5) is 0. The van der Waals surface area contributed by atoms with E-state index in [9.17, 15) is 17.6 Å². The van der Waals surface area contributed by atoms with Crippen molar-refractivity contribution in [2.75, 3.05) is 0 Å². The molecule has 88 valence electrons. The second-order valence-electron chi connectivity index (χ2n) is 4.71. The van der Waals surface area contributed by atoms with Crippen molar-refractivity contribution in [3.63, 3.8) is 0 Å². The molecule has 0 heterocycles. The van der Waals surface area contributed by atoms with E-state index < -0.39 is 34.6 Å². The highest BCUT2D eigenvalue weighted by molar-refractivity contribution is 5.36. The first-order valence-corrected chi connectivity index (χ1v) is 4.87. The van der Waals surface area contributed by atoms with Gasteiger partial charge in [-0.2, -0.15) is 0 Å². The van der Waals surface area contributed by atoms with Crippen LogP contribution >= 0.6 is 0 Å². The molecule has 5 heteroatoms. The maximum atomic E-state index is 13.4. The minimum absolute atomic E-state index is 0.186. The zero-order chi connectivity index (χ0) is 12.2. The van der Waals surface area contributed by atoms with Gasteiger partial charge in [0.2, 0.25) is 0 Å². The molecule has 1 aromatic carbocycles. The van der Waals surface area contributed by atoms with E-state index in [1.54, 1.807) is 13.8 Å². The SMILES string of the molecule is CC1(C)[C@@H](N)[C@@H]1c1cc(F)c(F)c(F)c1F. The van der Waals surface area contributed by atoms with Gasteiger partial charge in [0, 0.05) is 12.0 Å². The van der Waals surface area contributed by atoms with Gasteiger partial charge in [0.1, 0.15) is 0 Å². The molecular weight excluding hydrogens is 222 g/mol. The summed E-state index contributed by atoms with van der Waals surface area (Å²) in [7, 11) is 0. The standard InChI is InChI=1S/C11H11F4N/c1-11(2)6(10(11)16)4-3-5(12)8(14)9(15)7(4)13/h3,6,10H,16H2,1-2H3/t6-,10-/m0/s1. The summed E-state index contributed by atoms with van der Waals surface area (Å²) in [6.07, 6.45) is 0. The van der Waals surface area contributed by atoms with Gasteiger partial charge in [-0.05, 0) is 17.0 Å². The third-order valence-electron chi connectivity index (χ3n) is 3.38. The van der Waals surface area contributed by atoms with Gasteiger partial charge in [-0.15, -0.1) is 0 Å². The Morgan fingerprint density at radius 1 is 1.06 bits per heavy atom. The molecule has 2 rings (SSSR count). The van der Waals surface area contributed by atoms with Crippen LogP contribution in [0.2, 0.25) is 0 Å². The normalized spacial score (nSPS) is 26.9. The van der Waals surface area contributed by atoms with Crippen molar-refractivity contribution in [1.82, 2.24) is 0 Å². The quantitative estimate of drug-likeness (QED) is 0.450. The average Bonchev–Trinajstić information content (AvgIpc) is 2.70. The molecule has 2 N–H and O–H groups in total. The summed E-state index contributed by atoms with van der Waals surface area (Å²) in [5, 5.41) is 0. The molecule has 1 nitrogen and oxygen atoms in total. The number of nitrogens with two attached hydrogens (primary N) is 1. The molecule has 0 bridgehead atoms. The smallest absolute Gasteiger partial charge is 0.197 e. The van der Waals surface area contributed by atoms with Gasteiger partial charge in [-0.3, -0.25) is 0 Å². The molecule has 1 fully saturated rings. The summed E-state index contributed by atoms with van der Waals surface area (Å²) in [6, 6.07) is 0.318. The van der Waals surface area contributed by atoms with Crippen LogP contribution in [-0.2, 0) is 0 Å². The Balaban J connectivity index is 2.52. The molecule has 0 radical (unpaired) electrons. The summed E-state index contributed by atoms with van der Waals surface area (Å²) in [5.41, 5.74) is 5.07. The lowest BCUT2D eigenvalue weighted by atomic mass is 10.0. The summed E-state index contributed by atoms with van der Waals surface area (Å²) in [5.74, 6) is -6.76. The fourth-order valence-electron chi connectivity index (χ4n) is 2.09. The highest BCUT2D eigenvalue weighted by Crippen LogP contribution is 2.58. The minimum atomic E-state index is -1.78. The van der Waals surface area contributed by atoms with E-state index in [1.165, 1.54) is 0 Å². The lowest BCUT2D eigenvalue weighted by Gasteiger charge is -2.06. The monoisotopic (exact) mass is 233 g/mol. The van der Waals surface area contributed by atoms with E-state index in [-0.39, 0.29) is 11.6 Å². The first kappa shape index (κ1) is 11.4. The molecule has 1 aliphatic rings. The lowest BCUT2D eigenvalue weighted by Crippen LogP contribution is -2.07. The topological polar surface area (TPSA) is 26.0 Å². The number of hydrogen-bond acceptors (Lipinski definition) is 1. The Labute approximate surface area is 90.3 Å². The van der Waals surface area contributed by atoms with Crippen LogP contribution in [0.15, 0.2) is 6.07 Å². The Morgan fingerprint density at radius 2 is 1.56 bits per heavy atom. The highest BCUT2D eigenvalue weighted by atomic mass is 19.2. The van der Waals surface area contributed by atoms with E-state index in [2.05, 4.69) is 0 Å². The van der Waals surface area contributed by atoms with Crippen LogP contribution in [0.3, 0.4) is 0 Å². The first-order valence-electron chi connectivity index (χ1n) is 4.87. The van der Waals surface area contributed by atoms with E-state index in [0.29, 0.717) is 6.07 Å². The van der Waals surface area contributed by atoms with Crippen molar-refractivity contribution >= 4 is 0 Å². The van der Waals surface area contributed by atoms with Crippen molar-refractivity contribution in [2.45, 2.75) is 25.8 Å². The second kappa shape index (κ2) is 3.20. The molecule has 1 saturated carbocycles. The van der Waals surface area contributed by atoms with Crippen LogP contribution in [-0.4, -0.2) is 6.04 Å². The molecule has 1 aliphatic carbocycles. The van der Waals surface area contributed by atoms with Crippen LogP contribution in [0, 0.1) is 28.7 Å². The summed E-state index contributed by atoms with van der Waals surface area (Å²) < 4.78 is 52.1. The predicted molar refractivity (Wildman–Crippen MR) is 50.8 cm³/mol. The molecule has 2 atom stereocenters. The molecule has 0 aliphatic heterocycles. The lowest BCUT2D eigenvalue weighted by molar-refractivity contribution is 0.402. The number of halogens is 4. The van der Waals surface area contributed by atoms with Gasteiger partial charge in [0.05, 0.1) is 0 Å². The van der Waals surface area contributed by atoms with Crippen molar-refractivity contribution < 1.29 is 17.6 Å². The van der Waals surface area contributed by atoms with Crippen molar-refractivity contribution in [3.8, 4) is 0 Å². The van der Waals surface area contributed by atoms with Crippen LogP contribution in [0.4, 0.5) is 17.6 Å². The third kappa shape index (κ3) is 1.34. The predicted octanol–water partition coefficient (Wildman–Crippen LogP) is 2.69. The van der Waals surface area contributed by atoms with Gasteiger partial charge in [-0.1, -0.05) is 13.8 Å². The number of hydrogen-bond donors (Lipinski definition) is 1. The van der Waals surface area contributed by atoms with E-state index >= 15 is 0 Å². The molecule has 0 unspecified atom stereocenters. The maximum Gasteiger partial charge on any atom is 0.197 e. The zero-order valence-electron chi connectivity index (χ0n) is 8.82. The first-order chi connectivity index (χ1) is 7.28. The average molecular weight is 233 g/mol. The number of benzene rings is 1. The Morgan fingerprint density at radius 3 is 2.00 bits per heavy atom. The fraction of sp³-hybridized carbons (Fsp3) is 0.455. The van der Waals surface area contributed by atoms with Gasteiger partial charge in [-0.25, -0.2) is 17.6 Å². The van der Waals surface area contributed by atoms with Crippen LogP contribution < -0.4 is 5.73 Å². The van der Waals surface area contributed by atoms with Gasteiger partial charge in [0.25, 0.3) is 0 Å². The fourth-order valence-corrected chi connectivity index (χ4v) is 2.09. The molecule has 0 spiro atoms. The van der Waals surface area contributed by atoms with Crippen LogP contribution in [0.25, 0.3) is 0 Å². The second-order valence-corrected chi connectivity index (χ2v) is 4.71. The molecule has 1 aromatic rings. The number of rotatable bonds is 1. The Hall–Kier alpha value is -1.10. The minimum Gasteiger partial charge on any atom is -0.327 e. The van der Waals surface area contributed by atoms with E-state index in [0.717, 1.165) is 0 Å². The van der Waals surface area contributed by atoms with E-state index in [4.69, 9.17) is 5.73 Å². The molecule has 0 aromatic heterocycles. The van der Waals surface area contributed by atoms with Crippen molar-refractivity contribution in [3.05, 3.63) is 34.9 Å². The van der Waals surface area contributed by atoms with Crippen LogP contribution in [0.5, 0.6) is 0 Å². The largest absolute Gasteiger partial charge is 0.327 e. The van der Waals surface area contributed by atoms with E-state index in [1.807, 2.05) is 0 Å². The molecule has 16 heavy (non-hydrogen) atoms. The summed E-state index contributed by atoms with van der Waals surface area (Å²) >= 11 is 0. The van der Waals surface area contributed by atoms with Gasteiger partial charge in [0.15, 0.2) is 23.3 Å². The third-order valence-corrected chi connectivity index (χ3v) is 3.38. The molecule has 0 amide bonds. The van der Waals surface area contributed by atoms with Crippen molar-refractivity contribution in [1.29, 1.82) is 0 Å².